The molecule has 0 aromatic rings. The summed E-state index contributed by atoms with van der Waals surface area (Å²) in [6, 6.07) is 0.0870. The molecule has 0 spiro atoms. The van der Waals surface area contributed by atoms with E-state index in [1.807, 2.05) is 27.7 Å². The molecule has 0 aromatic carbocycles. The Morgan fingerprint density at radius 3 is 2.58 bits per heavy atom. The van der Waals surface area contributed by atoms with Gasteiger partial charge < -0.3 is 15.2 Å². The van der Waals surface area contributed by atoms with E-state index in [4.69, 9.17) is 4.74 Å². The molecule has 0 heterocycles. The lowest BCUT2D eigenvalue weighted by Gasteiger charge is -2.29. The van der Waals surface area contributed by atoms with Crippen molar-refractivity contribution in [2.75, 3.05) is 6.54 Å². The molecule has 0 amide bonds. The smallest absolute Gasteiger partial charge is 0.307 e. The molecule has 1 rings (SSSR count). The van der Waals surface area contributed by atoms with Crippen molar-refractivity contribution in [2.24, 2.45) is 5.92 Å². The van der Waals surface area contributed by atoms with Gasteiger partial charge >= 0.3 is 5.97 Å². The maximum absolute atomic E-state index is 11.7. The zero-order chi connectivity index (χ0) is 14.5. The summed E-state index contributed by atoms with van der Waals surface area (Å²) in [6.07, 6.45) is 4.50. The topological polar surface area (TPSA) is 58.6 Å². The van der Waals surface area contributed by atoms with E-state index in [9.17, 15) is 9.90 Å². The molecule has 1 aliphatic rings. The molecular weight excluding hydrogens is 242 g/mol. The molecule has 4 heteroatoms. The van der Waals surface area contributed by atoms with Crippen LogP contribution in [-0.2, 0) is 9.53 Å². The van der Waals surface area contributed by atoms with E-state index in [1.54, 1.807) is 0 Å². The SMILES string of the molecule is CC(CC(=O)OC(C)(C)C)NCC1CCCCC1O. The van der Waals surface area contributed by atoms with E-state index >= 15 is 0 Å². The highest BCUT2D eigenvalue weighted by atomic mass is 16.6. The van der Waals surface area contributed by atoms with E-state index in [0.29, 0.717) is 12.3 Å². The van der Waals surface area contributed by atoms with Crippen LogP contribution in [0, 0.1) is 5.92 Å². The second kappa shape index (κ2) is 7.25. The summed E-state index contributed by atoms with van der Waals surface area (Å²) in [5, 5.41) is 13.2. The standard InChI is InChI=1S/C15H29NO3/c1-11(9-14(18)19-15(2,3)4)16-10-12-7-5-6-8-13(12)17/h11-13,16-17H,5-10H2,1-4H3. The second-order valence-electron chi connectivity index (χ2n) is 6.71. The molecule has 3 atom stereocenters. The third-order valence-corrected chi connectivity index (χ3v) is 3.49. The van der Waals surface area contributed by atoms with Crippen LogP contribution in [-0.4, -0.2) is 35.4 Å². The average molecular weight is 271 g/mol. The van der Waals surface area contributed by atoms with Crippen molar-refractivity contribution in [2.45, 2.75) is 77.5 Å². The summed E-state index contributed by atoms with van der Waals surface area (Å²) in [4.78, 5) is 11.7. The minimum Gasteiger partial charge on any atom is -0.460 e. The highest BCUT2D eigenvalue weighted by Gasteiger charge is 2.24. The monoisotopic (exact) mass is 271 g/mol. The van der Waals surface area contributed by atoms with Crippen LogP contribution >= 0.6 is 0 Å². The first-order valence-corrected chi connectivity index (χ1v) is 7.41. The van der Waals surface area contributed by atoms with Gasteiger partial charge in [0.1, 0.15) is 5.60 Å². The molecule has 0 bridgehead atoms. The van der Waals surface area contributed by atoms with Crippen molar-refractivity contribution in [3.8, 4) is 0 Å². The zero-order valence-corrected chi connectivity index (χ0v) is 12.7. The summed E-state index contributed by atoms with van der Waals surface area (Å²) in [5.74, 6) is 0.159. The van der Waals surface area contributed by atoms with Crippen molar-refractivity contribution in [1.82, 2.24) is 5.32 Å². The molecule has 0 saturated heterocycles. The van der Waals surface area contributed by atoms with Gasteiger partial charge in [0.15, 0.2) is 0 Å². The van der Waals surface area contributed by atoms with Gasteiger partial charge in [-0.25, -0.2) is 0 Å². The summed E-state index contributed by atoms with van der Waals surface area (Å²) >= 11 is 0. The van der Waals surface area contributed by atoms with Crippen LogP contribution in [0.15, 0.2) is 0 Å². The zero-order valence-electron chi connectivity index (χ0n) is 12.7. The molecule has 1 aliphatic carbocycles. The number of nitrogens with one attached hydrogen (secondary N) is 1. The lowest BCUT2D eigenvalue weighted by atomic mass is 9.86. The van der Waals surface area contributed by atoms with E-state index in [2.05, 4.69) is 5.32 Å². The Balaban J connectivity index is 2.23. The Hall–Kier alpha value is -0.610. The molecule has 1 saturated carbocycles. The number of carbonyl (C=O) groups excluding carboxylic acids is 1. The van der Waals surface area contributed by atoms with Gasteiger partial charge in [-0.05, 0) is 46.5 Å². The van der Waals surface area contributed by atoms with Gasteiger partial charge in [0, 0.05) is 12.6 Å². The summed E-state index contributed by atoms with van der Waals surface area (Å²) in [5.41, 5.74) is -0.420. The number of esters is 1. The fourth-order valence-electron chi connectivity index (χ4n) is 2.48. The molecule has 0 radical (unpaired) electrons. The highest BCUT2D eigenvalue weighted by molar-refractivity contribution is 5.70. The number of hydrogen-bond donors (Lipinski definition) is 2. The minimum absolute atomic E-state index is 0.0870. The number of aliphatic hydroxyl groups excluding tert-OH is 1. The largest absolute Gasteiger partial charge is 0.460 e. The number of rotatable bonds is 5. The number of ether oxygens (including phenoxy) is 1. The lowest BCUT2D eigenvalue weighted by Crippen LogP contribution is -2.39. The Morgan fingerprint density at radius 1 is 1.37 bits per heavy atom. The maximum Gasteiger partial charge on any atom is 0.307 e. The van der Waals surface area contributed by atoms with Crippen molar-refractivity contribution in [3.63, 3.8) is 0 Å². The van der Waals surface area contributed by atoms with Crippen LogP contribution in [0.5, 0.6) is 0 Å². The highest BCUT2D eigenvalue weighted by Crippen LogP contribution is 2.23. The van der Waals surface area contributed by atoms with Gasteiger partial charge in [-0.2, -0.15) is 0 Å². The summed E-state index contributed by atoms with van der Waals surface area (Å²) in [7, 11) is 0. The first-order chi connectivity index (χ1) is 8.78. The molecule has 0 aliphatic heterocycles. The van der Waals surface area contributed by atoms with Crippen molar-refractivity contribution < 1.29 is 14.6 Å². The molecular formula is C15H29NO3. The van der Waals surface area contributed by atoms with Crippen LogP contribution in [0.2, 0.25) is 0 Å². The maximum atomic E-state index is 11.7. The second-order valence-corrected chi connectivity index (χ2v) is 6.71. The predicted octanol–water partition coefficient (Wildman–Crippen LogP) is 2.25. The van der Waals surface area contributed by atoms with Crippen molar-refractivity contribution in [1.29, 1.82) is 0 Å². The Bertz CT molecular complexity index is 286. The first kappa shape index (κ1) is 16.4. The van der Waals surface area contributed by atoms with Gasteiger partial charge in [0.25, 0.3) is 0 Å². The minimum atomic E-state index is -0.420. The lowest BCUT2D eigenvalue weighted by molar-refractivity contribution is -0.155. The number of carbonyl (C=O) groups is 1. The van der Waals surface area contributed by atoms with Crippen molar-refractivity contribution in [3.05, 3.63) is 0 Å². The molecule has 19 heavy (non-hydrogen) atoms. The third-order valence-electron chi connectivity index (χ3n) is 3.49. The Kier molecular flexibility index (Phi) is 6.27. The van der Waals surface area contributed by atoms with E-state index in [-0.39, 0.29) is 18.1 Å². The molecule has 112 valence electrons. The van der Waals surface area contributed by atoms with Gasteiger partial charge in [-0.3, -0.25) is 4.79 Å². The quantitative estimate of drug-likeness (QED) is 0.753. The number of hydrogen-bond acceptors (Lipinski definition) is 4. The Labute approximate surface area is 116 Å². The Morgan fingerprint density at radius 2 is 2.00 bits per heavy atom. The van der Waals surface area contributed by atoms with Crippen molar-refractivity contribution >= 4 is 5.97 Å². The predicted molar refractivity (Wildman–Crippen MR) is 75.9 cm³/mol. The average Bonchev–Trinajstić information content (AvgIpc) is 2.25. The first-order valence-electron chi connectivity index (χ1n) is 7.41. The van der Waals surface area contributed by atoms with Gasteiger partial charge in [0.05, 0.1) is 12.5 Å². The molecule has 4 nitrogen and oxygen atoms in total. The van der Waals surface area contributed by atoms with Crippen LogP contribution < -0.4 is 5.32 Å². The van der Waals surface area contributed by atoms with Crippen LogP contribution in [0.4, 0.5) is 0 Å². The fourth-order valence-corrected chi connectivity index (χ4v) is 2.48. The summed E-state index contributed by atoms with van der Waals surface area (Å²) in [6.45, 7) is 8.40. The molecule has 2 N–H and O–H groups in total. The normalized spacial score (nSPS) is 25.9. The molecule has 3 unspecified atom stereocenters. The fraction of sp³-hybridized carbons (Fsp3) is 0.933. The van der Waals surface area contributed by atoms with Gasteiger partial charge in [-0.1, -0.05) is 12.8 Å². The van der Waals surface area contributed by atoms with Gasteiger partial charge in [0.2, 0.25) is 0 Å². The number of aliphatic hydroxyl groups is 1. The van der Waals surface area contributed by atoms with Crippen LogP contribution in [0.25, 0.3) is 0 Å². The molecule has 1 fully saturated rings. The van der Waals surface area contributed by atoms with E-state index in [0.717, 1.165) is 25.8 Å². The van der Waals surface area contributed by atoms with E-state index in [1.165, 1.54) is 6.42 Å². The van der Waals surface area contributed by atoms with Crippen LogP contribution in [0.3, 0.4) is 0 Å². The third kappa shape index (κ3) is 6.92. The molecule has 0 aromatic heterocycles. The van der Waals surface area contributed by atoms with Gasteiger partial charge in [-0.15, -0.1) is 0 Å². The van der Waals surface area contributed by atoms with E-state index < -0.39 is 5.60 Å². The van der Waals surface area contributed by atoms with Crippen LogP contribution in [0.1, 0.15) is 59.8 Å². The summed E-state index contributed by atoms with van der Waals surface area (Å²) < 4.78 is 5.29.